The summed E-state index contributed by atoms with van der Waals surface area (Å²) in [4.78, 5) is 10.6. The Labute approximate surface area is 111 Å². The summed E-state index contributed by atoms with van der Waals surface area (Å²) in [6.07, 6.45) is 0.838. The number of nitro benzene ring substituents is 1. The summed E-state index contributed by atoms with van der Waals surface area (Å²) in [5, 5.41) is 14.0. The molecule has 2 aromatic rings. The lowest BCUT2D eigenvalue weighted by Crippen LogP contribution is -2.02. The van der Waals surface area contributed by atoms with E-state index in [9.17, 15) is 10.1 Å². The lowest BCUT2D eigenvalue weighted by molar-refractivity contribution is -0.384. The summed E-state index contributed by atoms with van der Waals surface area (Å²) in [6, 6.07) is 8.92. The number of nitrogens with one attached hydrogen (secondary N) is 1. The maximum absolute atomic E-state index is 11.0. The fraction of sp³-hybridized carbons (Fsp3) is 0.286. The Morgan fingerprint density at radius 1 is 1.26 bits per heavy atom. The van der Waals surface area contributed by atoms with E-state index >= 15 is 0 Å². The molecule has 1 N–H and O–H groups in total. The van der Waals surface area contributed by atoms with Crippen molar-refractivity contribution in [1.29, 1.82) is 0 Å². The van der Waals surface area contributed by atoms with Gasteiger partial charge in [-0.05, 0) is 30.7 Å². The van der Waals surface area contributed by atoms with Crippen molar-refractivity contribution in [1.82, 2.24) is 0 Å². The molecule has 19 heavy (non-hydrogen) atoms. The molecule has 0 spiro atoms. The van der Waals surface area contributed by atoms with Crippen LogP contribution in [0, 0.1) is 17.0 Å². The minimum atomic E-state index is -0.380. The summed E-state index contributed by atoms with van der Waals surface area (Å²) in [5.41, 5.74) is 1.45. The topological polar surface area (TPSA) is 68.3 Å². The van der Waals surface area contributed by atoms with Crippen LogP contribution in [0.25, 0.3) is 0 Å². The van der Waals surface area contributed by atoms with E-state index in [0.717, 1.165) is 23.5 Å². The van der Waals surface area contributed by atoms with E-state index in [4.69, 9.17) is 4.42 Å². The number of aryl methyl sites for hydroxylation is 2. The molecule has 100 valence electrons. The van der Waals surface area contributed by atoms with Gasteiger partial charge in [0.1, 0.15) is 17.2 Å². The van der Waals surface area contributed by atoms with E-state index in [1.165, 1.54) is 0 Å². The van der Waals surface area contributed by atoms with Crippen molar-refractivity contribution in [2.45, 2.75) is 26.8 Å². The third-order valence-corrected chi connectivity index (χ3v) is 2.87. The van der Waals surface area contributed by atoms with Gasteiger partial charge in [-0.25, -0.2) is 0 Å². The van der Waals surface area contributed by atoms with Crippen molar-refractivity contribution in [3.8, 4) is 0 Å². The molecule has 0 aliphatic rings. The Kier molecular flexibility index (Phi) is 3.85. The molecular formula is C14H16N2O3. The highest BCUT2D eigenvalue weighted by Gasteiger charge is 2.13. The first-order valence-electron chi connectivity index (χ1n) is 6.16. The van der Waals surface area contributed by atoms with Crippen LogP contribution in [0.1, 0.15) is 24.0 Å². The zero-order valence-electron chi connectivity index (χ0n) is 11.0. The highest BCUT2D eigenvalue weighted by molar-refractivity contribution is 5.62. The summed E-state index contributed by atoms with van der Waals surface area (Å²) in [6.45, 7) is 4.28. The second kappa shape index (κ2) is 5.56. The van der Waals surface area contributed by atoms with E-state index in [2.05, 4.69) is 5.32 Å². The molecule has 0 radical (unpaired) electrons. The molecule has 5 nitrogen and oxygen atoms in total. The van der Waals surface area contributed by atoms with Gasteiger partial charge in [-0.1, -0.05) is 13.0 Å². The molecule has 0 saturated carbocycles. The molecule has 0 unspecified atom stereocenters. The lowest BCUT2D eigenvalue weighted by atomic mass is 10.2. The van der Waals surface area contributed by atoms with E-state index in [1.807, 2.05) is 32.0 Å². The lowest BCUT2D eigenvalue weighted by Gasteiger charge is -2.06. The van der Waals surface area contributed by atoms with E-state index in [1.54, 1.807) is 12.1 Å². The van der Waals surface area contributed by atoms with Crippen LogP contribution in [-0.2, 0) is 13.0 Å². The molecule has 0 saturated heterocycles. The standard InChI is InChI=1S/C14H16N2O3/c1-3-11-5-6-12(19-11)9-15-13-7-4-10(2)8-14(13)16(17)18/h4-8,15H,3,9H2,1-2H3. The SMILES string of the molecule is CCc1ccc(CNc2ccc(C)cc2[N+](=O)[O-])o1. The van der Waals surface area contributed by atoms with E-state index in [0.29, 0.717) is 12.2 Å². The highest BCUT2D eigenvalue weighted by Crippen LogP contribution is 2.26. The molecule has 0 aliphatic heterocycles. The first-order valence-corrected chi connectivity index (χ1v) is 6.16. The van der Waals surface area contributed by atoms with Gasteiger partial charge < -0.3 is 9.73 Å². The molecule has 0 aliphatic carbocycles. The van der Waals surface area contributed by atoms with E-state index in [-0.39, 0.29) is 10.6 Å². The number of hydrogen-bond acceptors (Lipinski definition) is 4. The van der Waals surface area contributed by atoms with Gasteiger partial charge in [0, 0.05) is 12.5 Å². The van der Waals surface area contributed by atoms with Crippen molar-refractivity contribution < 1.29 is 9.34 Å². The molecule has 0 fully saturated rings. The number of anilines is 1. The van der Waals surface area contributed by atoms with Crippen LogP contribution in [0.15, 0.2) is 34.7 Å². The number of benzene rings is 1. The molecule has 5 heteroatoms. The smallest absolute Gasteiger partial charge is 0.292 e. The van der Waals surface area contributed by atoms with Gasteiger partial charge >= 0.3 is 0 Å². The Hall–Kier alpha value is -2.30. The van der Waals surface area contributed by atoms with Crippen molar-refractivity contribution in [3.63, 3.8) is 0 Å². The second-order valence-corrected chi connectivity index (χ2v) is 4.35. The van der Waals surface area contributed by atoms with Gasteiger partial charge in [0.05, 0.1) is 11.5 Å². The van der Waals surface area contributed by atoms with Crippen molar-refractivity contribution in [3.05, 3.63) is 57.5 Å². The number of nitro groups is 1. The third-order valence-electron chi connectivity index (χ3n) is 2.87. The summed E-state index contributed by atoms with van der Waals surface area (Å²) >= 11 is 0. The molecule has 0 amide bonds. The van der Waals surface area contributed by atoms with Crippen molar-refractivity contribution in [2.75, 3.05) is 5.32 Å². The van der Waals surface area contributed by atoms with Crippen LogP contribution in [0.5, 0.6) is 0 Å². The van der Waals surface area contributed by atoms with Gasteiger partial charge in [-0.2, -0.15) is 0 Å². The van der Waals surface area contributed by atoms with Crippen LogP contribution in [0.2, 0.25) is 0 Å². The average Bonchev–Trinajstić information content (AvgIpc) is 2.85. The fourth-order valence-electron chi connectivity index (χ4n) is 1.83. The van der Waals surface area contributed by atoms with Crippen molar-refractivity contribution in [2.24, 2.45) is 0 Å². The molecular weight excluding hydrogens is 244 g/mol. The normalized spacial score (nSPS) is 10.4. The minimum Gasteiger partial charge on any atom is -0.464 e. The Morgan fingerprint density at radius 3 is 2.63 bits per heavy atom. The zero-order valence-corrected chi connectivity index (χ0v) is 11.0. The van der Waals surface area contributed by atoms with Crippen molar-refractivity contribution >= 4 is 11.4 Å². The summed E-state index contributed by atoms with van der Waals surface area (Å²) in [7, 11) is 0. The van der Waals surface area contributed by atoms with Gasteiger partial charge in [0.25, 0.3) is 5.69 Å². The van der Waals surface area contributed by atoms with Crippen LogP contribution < -0.4 is 5.32 Å². The number of nitrogens with zero attached hydrogens (tertiary/aromatic N) is 1. The molecule has 1 aromatic heterocycles. The van der Waals surface area contributed by atoms with Crippen LogP contribution in [0.4, 0.5) is 11.4 Å². The summed E-state index contributed by atoms with van der Waals surface area (Å²) in [5.74, 6) is 1.68. The molecule has 2 rings (SSSR count). The number of hydrogen-bond donors (Lipinski definition) is 1. The minimum absolute atomic E-state index is 0.0854. The molecule has 1 aromatic carbocycles. The van der Waals surface area contributed by atoms with Gasteiger partial charge in [0.2, 0.25) is 0 Å². The second-order valence-electron chi connectivity index (χ2n) is 4.35. The number of furan rings is 1. The van der Waals surface area contributed by atoms with Crippen LogP contribution >= 0.6 is 0 Å². The largest absolute Gasteiger partial charge is 0.464 e. The van der Waals surface area contributed by atoms with E-state index < -0.39 is 0 Å². The zero-order chi connectivity index (χ0) is 13.8. The Morgan fingerprint density at radius 2 is 2.00 bits per heavy atom. The molecule has 1 heterocycles. The number of rotatable bonds is 5. The monoisotopic (exact) mass is 260 g/mol. The maximum Gasteiger partial charge on any atom is 0.292 e. The maximum atomic E-state index is 11.0. The predicted molar refractivity (Wildman–Crippen MR) is 73.2 cm³/mol. The van der Waals surface area contributed by atoms with Gasteiger partial charge in [-0.15, -0.1) is 0 Å². The first kappa shape index (κ1) is 13.1. The quantitative estimate of drug-likeness (QED) is 0.657. The first-order chi connectivity index (χ1) is 9.10. The highest BCUT2D eigenvalue weighted by atomic mass is 16.6. The molecule has 0 atom stereocenters. The third kappa shape index (κ3) is 3.13. The van der Waals surface area contributed by atoms with Crippen LogP contribution in [-0.4, -0.2) is 4.92 Å². The Bertz CT molecular complexity index is 590. The predicted octanol–water partition coefficient (Wildman–Crippen LogP) is 3.67. The molecule has 0 bridgehead atoms. The fourth-order valence-corrected chi connectivity index (χ4v) is 1.83. The van der Waals surface area contributed by atoms with Crippen LogP contribution in [0.3, 0.4) is 0 Å². The summed E-state index contributed by atoms with van der Waals surface area (Å²) < 4.78 is 5.55. The average molecular weight is 260 g/mol. The van der Waals surface area contributed by atoms with Gasteiger partial charge in [0.15, 0.2) is 0 Å². The Balaban J connectivity index is 2.12. The van der Waals surface area contributed by atoms with Gasteiger partial charge in [-0.3, -0.25) is 10.1 Å².